The van der Waals surface area contributed by atoms with Crippen molar-refractivity contribution in [3.8, 4) is 0 Å². The molecule has 0 fully saturated rings. The highest BCUT2D eigenvalue weighted by atomic mass is 32.1. The lowest BCUT2D eigenvalue weighted by molar-refractivity contribution is -0.144. The van der Waals surface area contributed by atoms with E-state index >= 15 is 0 Å². The normalized spacial score (nSPS) is 12.8. The average molecular weight is 828 g/mol. The molecule has 1 N–H and O–H groups in total. The lowest BCUT2D eigenvalue weighted by atomic mass is 10.0. The number of ether oxygens (including phenoxy) is 2. The Balaban J connectivity index is 1.75. The van der Waals surface area contributed by atoms with Crippen LogP contribution in [0.1, 0.15) is 202 Å². The summed E-state index contributed by atoms with van der Waals surface area (Å²) < 4.78 is 11.1. The molecule has 2 heterocycles. The van der Waals surface area contributed by atoms with E-state index in [0.29, 0.717) is 69.0 Å². The molecular weight excluding hydrogens is 747 g/mol. The van der Waals surface area contributed by atoms with Crippen LogP contribution < -0.4 is 5.32 Å². The van der Waals surface area contributed by atoms with E-state index in [0.717, 1.165) is 87.6 Å². The molecule has 2 rings (SSSR count). The summed E-state index contributed by atoms with van der Waals surface area (Å²) in [4.78, 5) is 56.8. The number of fused-ring (bicyclic) bond motifs is 1. The van der Waals surface area contributed by atoms with Crippen LogP contribution >= 0.6 is 11.3 Å². The van der Waals surface area contributed by atoms with E-state index < -0.39 is 5.97 Å². The van der Waals surface area contributed by atoms with Gasteiger partial charge in [-0.3, -0.25) is 14.4 Å². The van der Waals surface area contributed by atoms with E-state index in [1.54, 1.807) is 0 Å². The van der Waals surface area contributed by atoms with Crippen LogP contribution in [0.15, 0.2) is 24.3 Å². The maximum atomic E-state index is 13.4. The maximum Gasteiger partial charge on any atom is 0.341 e. The number of carbonyl (C=O) groups is 4. The smallest absolute Gasteiger partial charge is 0.341 e. The molecule has 58 heavy (non-hydrogen) atoms. The summed E-state index contributed by atoms with van der Waals surface area (Å²) >= 11 is 1.40. The topological polar surface area (TPSA) is 105 Å². The molecule has 1 aromatic rings. The third-order valence-corrected chi connectivity index (χ3v) is 11.9. The monoisotopic (exact) mass is 828 g/mol. The summed E-state index contributed by atoms with van der Waals surface area (Å²) in [7, 11) is 3.97. The van der Waals surface area contributed by atoms with E-state index in [-0.39, 0.29) is 17.8 Å². The minimum atomic E-state index is -0.407. The minimum Gasteiger partial charge on any atom is -0.466 e. The van der Waals surface area contributed by atoms with Crippen LogP contribution in [0.4, 0.5) is 5.00 Å². The number of unbranched alkanes of at least 4 members (excludes halogenated alkanes) is 17. The zero-order chi connectivity index (χ0) is 42.1. The van der Waals surface area contributed by atoms with Gasteiger partial charge in [-0.2, -0.15) is 0 Å². The van der Waals surface area contributed by atoms with Gasteiger partial charge in [0.25, 0.3) is 0 Å². The second-order valence-electron chi connectivity index (χ2n) is 16.4. The number of esters is 2. The fraction of sp³-hybridized carbons (Fsp3) is 0.750. The molecule has 9 nitrogen and oxygen atoms in total. The molecule has 2 amide bonds. The van der Waals surface area contributed by atoms with Crippen molar-refractivity contribution in [2.24, 2.45) is 0 Å². The van der Waals surface area contributed by atoms with Crippen molar-refractivity contribution in [1.29, 1.82) is 0 Å². The number of carbonyl (C=O) groups excluding carboxylic acids is 4. The Morgan fingerprint density at radius 3 is 1.93 bits per heavy atom. The Kier molecular flexibility index (Phi) is 29.8. The van der Waals surface area contributed by atoms with Crippen LogP contribution in [0, 0.1) is 0 Å². The summed E-state index contributed by atoms with van der Waals surface area (Å²) in [5.74, 6) is -0.517. The fourth-order valence-electron chi connectivity index (χ4n) is 7.20. The molecule has 1 aliphatic rings. The van der Waals surface area contributed by atoms with Crippen LogP contribution in [-0.2, 0) is 36.8 Å². The van der Waals surface area contributed by atoms with Crippen LogP contribution in [0.25, 0.3) is 0 Å². The predicted octanol–water partition coefficient (Wildman–Crippen LogP) is 12.1. The van der Waals surface area contributed by atoms with Gasteiger partial charge in [0.05, 0.1) is 25.3 Å². The number of hydrogen-bond acceptors (Lipinski definition) is 8. The zero-order valence-electron chi connectivity index (χ0n) is 37.2. The van der Waals surface area contributed by atoms with Crippen molar-refractivity contribution in [3.63, 3.8) is 0 Å². The quantitative estimate of drug-likeness (QED) is 0.0413. The summed E-state index contributed by atoms with van der Waals surface area (Å²) in [6.45, 7) is 7.10. The molecule has 0 saturated carbocycles. The number of allylic oxidation sites excluding steroid dienone is 4. The number of hydrogen-bond donors (Lipinski definition) is 1. The first-order valence-electron chi connectivity index (χ1n) is 23.3. The molecule has 330 valence electrons. The summed E-state index contributed by atoms with van der Waals surface area (Å²) in [6.07, 6.45) is 35.9. The van der Waals surface area contributed by atoms with Gasteiger partial charge in [0.1, 0.15) is 5.00 Å². The number of anilines is 1. The predicted molar refractivity (Wildman–Crippen MR) is 242 cm³/mol. The van der Waals surface area contributed by atoms with Gasteiger partial charge in [-0.15, -0.1) is 11.3 Å². The van der Waals surface area contributed by atoms with E-state index in [2.05, 4.69) is 48.4 Å². The maximum absolute atomic E-state index is 13.4. The molecule has 1 aromatic heterocycles. The molecule has 0 unspecified atom stereocenters. The first-order chi connectivity index (χ1) is 28.3. The lowest BCUT2D eigenvalue weighted by Gasteiger charge is -2.27. The number of amides is 2. The highest BCUT2D eigenvalue weighted by Crippen LogP contribution is 2.38. The summed E-state index contributed by atoms with van der Waals surface area (Å²) in [5, 5.41) is 3.55. The van der Waals surface area contributed by atoms with Crippen molar-refractivity contribution in [1.82, 2.24) is 9.80 Å². The molecule has 0 saturated heterocycles. The Morgan fingerprint density at radius 2 is 1.24 bits per heavy atom. The largest absolute Gasteiger partial charge is 0.466 e. The van der Waals surface area contributed by atoms with Gasteiger partial charge in [-0.1, -0.05) is 122 Å². The lowest BCUT2D eigenvalue weighted by Crippen LogP contribution is -2.35. The molecule has 0 aromatic carbocycles. The molecule has 10 heteroatoms. The first kappa shape index (κ1) is 51.2. The number of thiophene rings is 1. The second-order valence-corrected chi connectivity index (χ2v) is 17.5. The van der Waals surface area contributed by atoms with Gasteiger partial charge in [-0.05, 0) is 90.3 Å². The van der Waals surface area contributed by atoms with Gasteiger partial charge in [0.2, 0.25) is 11.8 Å². The van der Waals surface area contributed by atoms with Gasteiger partial charge in [0.15, 0.2) is 0 Å². The van der Waals surface area contributed by atoms with E-state index in [1.165, 1.54) is 82.0 Å². The number of rotatable bonds is 35. The second kappa shape index (κ2) is 33.8. The molecule has 1 aliphatic heterocycles. The Morgan fingerprint density at radius 1 is 0.672 bits per heavy atom. The van der Waals surface area contributed by atoms with Gasteiger partial charge < -0.3 is 24.6 Å². The van der Waals surface area contributed by atoms with Gasteiger partial charge >= 0.3 is 11.9 Å². The van der Waals surface area contributed by atoms with Crippen LogP contribution in [-0.4, -0.2) is 74.0 Å². The fourth-order valence-corrected chi connectivity index (χ4v) is 8.47. The highest BCUT2D eigenvalue weighted by Gasteiger charge is 2.31. The van der Waals surface area contributed by atoms with Crippen LogP contribution in [0.2, 0.25) is 0 Å². The van der Waals surface area contributed by atoms with E-state index in [1.807, 2.05) is 19.0 Å². The van der Waals surface area contributed by atoms with Crippen molar-refractivity contribution in [2.75, 3.05) is 45.7 Å². The van der Waals surface area contributed by atoms with Crippen molar-refractivity contribution >= 4 is 40.1 Å². The molecule has 0 radical (unpaired) electrons. The van der Waals surface area contributed by atoms with E-state index in [4.69, 9.17) is 9.47 Å². The third kappa shape index (κ3) is 24.2. The summed E-state index contributed by atoms with van der Waals surface area (Å²) in [6, 6.07) is 0. The van der Waals surface area contributed by atoms with Crippen molar-refractivity contribution in [3.05, 3.63) is 40.3 Å². The molecule has 0 bridgehead atoms. The highest BCUT2D eigenvalue weighted by molar-refractivity contribution is 7.17. The third-order valence-electron chi connectivity index (χ3n) is 10.7. The average Bonchev–Trinajstić information content (AvgIpc) is 3.57. The molecule has 0 aliphatic carbocycles. The standard InChI is InChI=1S/C48H81N3O6S/c1-5-7-9-11-13-14-15-16-17-18-19-20-21-23-28-33-44(53)51-37-35-41-42(40-51)58-47(46(41)48(55)57-39-31-36-50(3)4)49-43(52)32-27-24-25-29-34-45(54)56-38-30-26-22-12-10-8-6-2/h13-14,16-17H,5-12,15,18-40H2,1-4H3,(H,49,52)/b14-13-,17-16-. The SMILES string of the molecule is CCCCC/C=C\C/C=C\CCCCCCCC(=O)N1CCc2c(sc(NC(=O)CCCCCCC(=O)OCCCCCCCCC)c2C(=O)OCCCN(C)C)C1. The van der Waals surface area contributed by atoms with Crippen molar-refractivity contribution in [2.45, 2.75) is 194 Å². The number of nitrogens with zero attached hydrogens (tertiary/aromatic N) is 2. The minimum absolute atomic E-state index is 0.131. The molecule has 0 atom stereocenters. The number of nitrogens with one attached hydrogen (secondary N) is 1. The van der Waals surface area contributed by atoms with E-state index in [9.17, 15) is 19.2 Å². The molecule has 0 spiro atoms. The Hall–Kier alpha value is -2.98. The first-order valence-corrected chi connectivity index (χ1v) is 24.1. The van der Waals surface area contributed by atoms with Crippen LogP contribution in [0.3, 0.4) is 0 Å². The summed E-state index contributed by atoms with van der Waals surface area (Å²) in [5.41, 5.74) is 1.35. The Labute approximate surface area is 357 Å². The van der Waals surface area contributed by atoms with Crippen LogP contribution in [0.5, 0.6) is 0 Å². The molecular formula is C48H81N3O6S. The zero-order valence-corrected chi connectivity index (χ0v) is 38.0. The van der Waals surface area contributed by atoms with Gasteiger partial charge in [0, 0.05) is 37.2 Å². The van der Waals surface area contributed by atoms with Crippen molar-refractivity contribution < 1.29 is 28.7 Å². The van der Waals surface area contributed by atoms with Gasteiger partial charge in [-0.25, -0.2) is 4.79 Å². The Bertz CT molecular complexity index is 1340.